The Bertz CT molecular complexity index is 1410. The van der Waals surface area contributed by atoms with Crippen LogP contribution in [0.3, 0.4) is 0 Å². The van der Waals surface area contributed by atoms with Crippen molar-refractivity contribution in [1.29, 1.82) is 0 Å². The number of allylic oxidation sites excluding steroid dienone is 4. The molecule has 1 aromatic carbocycles. The largest absolute Gasteiger partial charge is 0.507 e. The normalized spacial score (nSPS) is 17.0. The van der Waals surface area contributed by atoms with E-state index in [0.717, 1.165) is 43.4 Å². The number of ether oxygens (including phenoxy) is 3. The van der Waals surface area contributed by atoms with Gasteiger partial charge in [-0.2, -0.15) is 0 Å². The number of hydrogen-bond donors (Lipinski definition) is 2. The summed E-state index contributed by atoms with van der Waals surface area (Å²) in [5.41, 5.74) is 3.28. The molecule has 0 spiro atoms. The molecule has 1 heterocycles. The number of unbranched alkanes of at least 4 members (excludes halogenated alkanes) is 2. The highest BCUT2D eigenvalue weighted by Crippen LogP contribution is 2.48. The molecule has 0 fully saturated rings. The molecule has 0 radical (unpaired) electrons. The van der Waals surface area contributed by atoms with Crippen LogP contribution in [0.1, 0.15) is 120 Å². The van der Waals surface area contributed by atoms with E-state index in [9.17, 15) is 15.0 Å². The molecule has 2 aromatic rings. The number of benzene rings is 1. The van der Waals surface area contributed by atoms with Crippen LogP contribution in [-0.2, 0) is 28.9 Å². The van der Waals surface area contributed by atoms with E-state index in [2.05, 4.69) is 43.4 Å². The van der Waals surface area contributed by atoms with Crippen molar-refractivity contribution in [1.82, 2.24) is 15.0 Å². The molecule has 260 valence electrons. The van der Waals surface area contributed by atoms with Gasteiger partial charge in [0.05, 0.1) is 36.7 Å². The van der Waals surface area contributed by atoms with Gasteiger partial charge >= 0.3 is 5.97 Å². The first-order valence-electron chi connectivity index (χ1n) is 17.0. The number of rotatable bonds is 20. The summed E-state index contributed by atoms with van der Waals surface area (Å²) < 4.78 is 20.6. The third-order valence-corrected chi connectivity index (χ3v) is 8.90. The van der Waals surface area contributed by atoms with Crippen molar-refractivity contribution >= 4 is 5.97 Å². The molecule has 9 heteroatoms. The summed E-state index contributed by atoms with van der Waals surface area (Å²) >= 11 is 0. The summed E-state index contributed by atoms with van der Waals surface area (Å²) in [6, 6.07) is 1.83. The molecule has 0 saturated heterocycles. The predicted octanol–water partition coefficient (Wildman–Crippen LogP) is 8.22. The van der Waals surface area contributed by atoms with E-state index in [4.69, 9.17) is 14.2 Å². The van der Waals surface area contributed by atoms with Crippen molar-refractivity contribution in [2.45, 2.75) is 123 Å². The number of aryl methyl sites for hydroxylation is 1. The van der Waals surface area contributed by atoms with Crippen LogP contribution in [0, 0.1) is 5.92 Å². The summed E-state index contributed by atoms with van der Waals surface area (Å²) in [6.45, 7) is 24.0. The summed E-state index contributed by atoms with van der Waals surface area (Å²) in [4.78, 5) is 12.5. The smallest absolute Gasteiger partial charge is 0.339 e. The molecule has 0 bridgehead atoms. The summed E-state index contributed by atoms with van der Waals surface area (Å²) in [5, 5.41) is 30.2. The number of nitrogens with zero attached hydrogens (tertiary/aromatic N) is 3. The van der Waals surface area contributed by atoms with Gasteiger partial charge < -0.3 is 24.4 Å². The predicted molar refractivity (Wildman–Crippen MR) is 186 cm³/mol. The van der Waals surface area contributed by atoms with Crippen LogP contribution >= 0.6 is 0 Å². The number of carboxylic acid groups (broad SMARTS) is 1. The van der Waals surface area contributed by atoms with Gasteiger partial charge in [0, 0.05) is 24.1 Å². The third-order valence-electron chi connectivity index (χ3n) is 8.90. The zero-order valence-electron chi connectivity index (χ0n) is 29.7. The molecule has 1 aliphatic rings. The average Bonchev–Trinajstić information content (AvgIpc) is 3.40. The Labute approximate surface area is 281 Å². The average molecular weight is 652 g/mol. The Kier molecular flexibility index (Phi) is 13.8. The minimum Gasteiger partial charge on any atom is -0.507 e. The van der Waals surface area contributed by atoms with Crippen LogP contribution in [0.2, 0.25) is 0 Å². The number of carbonyl (C=O) groups is 1. The van der Waals surface area contributed by atoms with Crippen molar-refractivity contribution in [3.8, 4) is 11.5 Å². The summed E-state index contributed by atoms with van der Waals surface area (Å²) in [7, 11) is 0. The molecule has 1 aliphatic carbocycles. The Morgan fingerprint density at radius 3 is 2.53 bits per heavy atom. The lowest BCUT2D eigenvalue weighted by Crippen LogP contribution is -2.33. The van der Waals surface area contributed by atoms with Gasteiger partial charge in [0.2, 0.25) is 0 Å². The molecule has 1 aromatic heterocycles. The second-order valence-corrected chi connectivity index (χ2v) is 14.2. The SMILES string of the molecule is C=CCn1cc(CC(C)(C)OCCC(C)(C)OCCOc2cc(CCCCC)c(C(=O)O)c(O)c2C2C=C(C)CCC2C(=C)C)nn1. The van der Waals surface area contributed by atoms with Gasteiger partial charge in [-0.05, 0) is 91.2 Å². The standard InChI is InChI=1S/C38H57N3O6/c1-10-12-13-14-28-23-32(34(35(42)33(28)36(43)44)31-22-27(5)15-16-30(31)26(3)4)45-20-21-47-37(6,7)17-19-46-38(8,9)24-29-25-41(18-11-2)40-39-29/h11,22-23,25,30-31,42H,2-3,10,12-21,24H2,1,4-9H3,(H,43,44). The summed E-state index contributed by atoms with van der Waals surface area (Å²) in [6.07, 6.45) is 12.3. The zero-order chi connectivity index (χ0) is 34.8. The number of hydrogen-bond acceptors (Lipinski definition) is 7. The number of aromatic carboxylic acids is 1. The molecule has 2 unspecified atom stereocenters. The van der Waals surface area contributed by atoms with E-state index in [0.29, 0.717) is 55.9 Å². The van der Waals surface area contributed by atoms with Gasteiger partial charge in [0.1, 0.15) is 23.7 Å². The topological polar surface area (TPSA) is 116 Å². The Balaban J connectivity index is 1.71. The van der Waals surface area contributed by atoms with Crippen LogP contribution in [-0.4, -0.2) is 62.2 Å². The second kappa shape index (κ2) is 17.1. The number of aromatic hydroxyl groups is 1. The Hall–Kier alpha value is -3.43. The van der Waals surface area contributed by atoms with Crippen LogP contribution in [0.25, 0.3) is 0 Å². The maximum absolute atomic E-state index is 12.5. The molecule has 2 atom stereocenters. The van der Waals surface area contributed by atoms with Crippen LogP contribution < -0.4 is 4.74 Å². The van der Waals surface area contributed by atoms with Gasteiger partial charge in [0.15, 0.2) is 0 Å². The number of phenols is 1. The van der Waals surface area contributed by atoms with Crippen molar-refractivity contribution < 1.29 is 29.2 Å². The van der Waals surface area contributed by atoms with Crippen LogP contribution in [0.4, 0.5) is 0 Å². The molecule has 0 aliphatic heterocycles. The lowest BCUT2D eigenvalue weighted by atomic mass is 9.73. The van der Waals surface area contributed by atoms with E-state index >= 15 is 0 Å². The fraction of sp³-hybridized carbons (Fsp3) is 0.605. The molecule has 2 N–H and O–H groups in total. The Morgan fingerprint density at radius 2 is 1.87 bits per heavy atom. The first-order chi connectivity index (χ1) is 22.2. The molecule has 0 amide bonds. The highest BCUT2D eigenvalue weighted by Gasteiger charge is 2.34. The summed E-state index contributed by atoms with van der Waals surface area (Å²) in [5.74, 6) is -0.980. The zero-order valence-corrected chi connectivity index (χ0v) is 29.7. The molecule has 0 saturated carbocycles. The second-order valence-electron chi connectivity index (χ2n) is 14.2. The molecule has 47 heavy (non-hydrogen) atoms. The maximum atomic E-state index is 12.5. The highest BCUT2D eigenvalue weighted by molar-refractivity contribution is 5.94. The molecule has 9 nitrogen and oxygen atoms in total. The number of carboxylic acids is 1. The van der Waals surface area contributed by atoms with Crippen molar-refractivity contribution in [2.24, 2.45) is 5.92 Å². The molecular formula is C38H57N3O6. The lowest BCUT2D eigenvalue weighted by Gasteiger charge is -2.33. The van der Waals surface area contributed by atoms with E-state index in [1.165, 1.54) is 5.57 Å². The number of aromatic nitrogens is 3. The van der Waals surface area contributed by atoms with Crippen molar-refractivity contribution in [3.63, 3.8) is 0 Å². The van der Waals surface area contributed by atoms with Crippen molar-refractivity contribution in [3.05, 3.63) is 71.1 Å². The van der Waals surface area contributed by atoms with Crippen molar-refractivity contribution in [2.75, 3.05) is 19.8 Å². The fourth-order valence-electron chi connectivity index (χ4n) is 6.30. The minimum absolute atomic E-state index is 0.0257. The Morgan fingerprint density at radius 1 is 1.15 bits per heavy atom. The van der Waals surface area contributed by atoms with Crippen LogP contribution in [0.15, 0.2) is 48.7 Å². The van der Waals surface area contributed by atoms with Gasteiger partial charge in [0.25, 0.3) is 0 Å². The van der Waals surface area contributed by atoms with Crippen LogP contribution in [0.5, 0.6) is 11.5 Å². The minimum atomic E-state index is -1.13. The quantitative estimate of drug-likeness (QED) is 0.109. The van der Waals surface area contributed by atoms with E-state index in [1.54, 1.807) is 10.8 Å². The van der Waals surface area contributed by atoms with Gasteiger partial charge in [-0.15, -0.1) is 11.7 Å². The van der Waals surface area contributed by atoms with Gasteiger partial charge in [-0.3, -0.25) is 0 Å². The first-order valence-corrected chi connectivity index (χ1v) is 17.0. The maximum Gasteiger partial charge on any atom is 0.339 e. The molecular weight excluding hydrogens is 594 g/mol. The van der Waals surface area contributed by atoms with Gasteiger partial charge in [-0.25, -0.2) is 9.48 Å². The first kappa shape index (κ1) is 38.0. The fourth-order valence-corrected chi connectivity index (χ4v) is 6.30. The lowest BCUT2D eigenvalue weighted by molar-refractivity contribution is -0.0765. The third kappa shape index (κ3) is 11.1. The van der Waals surface area contributed by atoms with E-state index < -0.39 is 17.2 Å². The molecule has 3 rings (SSSR count). The monoisotopic (exact) mass is 651 g/mol. The van der Waals surface area contributed by atoms with Gasteiger partial charge in [-0.1, -0.05) is 54.9 Å². The van der Waals surface area contributed by atoms with E-state index in [1.807, 2.05) is 46.9 Å². The van der Waals surface area contributed by atoms with E-state index in [-0.39, 0.29) is 29.8 Å². The highest BCUT2D eigenvalue weighted by atomic mass is 16.5.